The van der Waals surface area contributed by atoms with Gasteiger partial charge in [-0.3, -0.25) is 4.98 Å². The van der Waals surface area contributed by atoms with Crippen molar-refractivity contribution in [1.29, 1.82) is 0 Å². The molecule has 1 fully saturated rings. The van der Waals surface area contributed by atoms with Gasteiger partial charge < -0.3 is 4.57 Å². The highest BCUT2D eigenvalue weighted by Gasteiger charge is 2.32. The minimum atomic E-state index is 0.646. The molecule has 0 aromatic carbocycles. The SMILES string of the molecule is C1=C[C@@H]2CCCC[C@H]2n2c3c(c4cnccc42)CCC=C13. The average molecular weight is 276 g/mol. The summed E-state index contributed by atoms with van der Waals surface area (Å²) in [6.45, 7) is 0. The van der Waals surface area contributed by atoms with Crippen molar-refractivity contribution in [3.05, 3.63) is 47.9 Å². The van der Waals surface area contributed by atoms with Crippen molar-refractivity contribution in [2.75, 3.05) is 0 Å². The lowest BCUT2D eigenvalue weighted by molar-refractivity contribution is 0.290. The molecule has 5 rings (SSSR count). The summed E-state index contributed by atoms with van der Waals surface area (Å²) in [5, 5.41) is 1.39. The van der Waals surface area contributed by atoms with Gasteiger partial charge in [0.1, 0.15) is 0 Å². The van der Waals surface area contributed by atoms with Gasteiger partial charge in [0.2, 0.25) is 0 Å². The van der Waals surface area contributed by atoms with Crippen molar-refractivity contribution in [2.24, 2.45) is 5.92 Å². The van der Waals surface area contributed by atoms with Gasteiger partial charge in [-0.15, -0.1) is 0 Å². The van der Waals surface area contributed by atoms with Gasteiger partial charge in [-0.2, -0.15) is 0 Å². The predicted octanol–water partition coefficient (Wildman–Crippen LogP) is 4.67. The molecule has 0 radical (unpaired) electrons. The van der Waals surface area contributed by atoms with Crippen molar-refractivity contribution in [1.82, 2.24) is 9.55 Å². The van der Waals surface area contributed by atoms with Crippen molar-refractivity contribution in [3.8, 4) is 0 Å². The maximum absolute atomic E-state index is 4.39. The highest BCUT2D eigenvalue weighted by Crippen LogP contribution is 2.45. The zero-order valence-corrected chi connectivity index (χ0v) is 12.3. The quantitative estimate of drug-likeness (QED) is 0.684. The first kappa shape index (κ1) is 11.8. The van der Waals surface area contributed by atoms with Gasteiger partial charge >= 0.3 is 0 Å². The first-order valence-electron chi connectivity index (χ1n) is 8.29. The molecule has 2 aliphatic carbocycles. The van der Waals surface area contributed by atoms with Gasteiger partial charge in [-0.25, -0.2) is 0 Å². The zero-order valence-electron chi connectivity index (χ0n) is 12.3. The number of nitrogens with zero attached hydrogens (tertiary/aromatic N) is 2. The van der Waals surface area contributed by atoms with E-state index in [0.717, 1.165) is 6.42 Å². The molecule has 0 amide bonds. The molecule has 3 aliphatic rings. The minimum absolute atomic E-state index is 0.646. The van der Waals surface area contributed by atoms with E-state index in [-0.39, 0.29) is 0 Å². The van der Waals surface area contributed by atoms with Crippen molar-refractivity contribution in [2.45, 2.75) is 44.6 Å². The third-order valence-electron chi connectivity index (χ3n) is 5.58. The van der Waals surface area contributed by atoms with Crippen LogP contribution in [0.4, 0.5) is 0 Å². The maximum Gasteiger partial charge on any atom is 0.0524 e. The van der Waals surface area contributed by atoms with Crippen LogP contribution in [0.25, 0.3) is 16.5 Å². The number of fused-ring (bicyclic) bond motifs is 5. The summed E-state index contributed by atoms with van der Waals surface area (Å²) in [7, 11) is 0. The molecule has 2 heteroatoms. The van der Waals surface area contributed by atoms with Gasteiger partial charge in [-0.05, 0) is 48.8 Å². The third-order valence-corrected chi connectivity index (χ3v) is 5.58. The van der Waals surface area contributed by atoms with Crippen LogP contribution in [-0.4, -0.2) is 9.55 Å². The molecule has 0 unspecified atom stereocenters. The molecule has 2 aromatic heterocycles. The number of allylic oxidation sites excluding steroid dienone is 4. The topological polar surface area (TPSA) is 17.8 Å². The van der Waals surface area contributed by atoms with Gasteiger partial charge in [-0.1, -0.05) is 31.1 Å². The number of hydrogen-bond donors (Lipinski definition) is 0. The summed E-state index contributed by atoms with van der Waals surface area (Å²) in [6.07, 6.45) is 19.1. The van der Waals surface area contributed by atoms with Crippen LogP contribution in [0.1, 0.15) is 49.4 Å². The Morgan fingerprint density at radius 1 is 1.19 bits per heavy atom. The van der Waals surface area contributed by atoms with E-state index >= 15 is 0 Å². The van der Waals surface area contributed by atoms with E-state index < -0.39 is 0 Å². The second-order valence-electron chi connectivity index (χ2n) is 6.66. The zero-order chi connectivity index (χ0) is 13.8. The highest BCUT2D eigenvalue weighted by molar-refractivity contribution is 5.92. The van der Waals surface area contributed by atoms with Gasteiger partial charge in [0.15, 0.2) is 0 Å². The molecule has 2 atom stereocenters. The van der Waals surface area contributed by atoms with Gasteiger partial charge in [0.25, 0.3) is 0 Å². The maximum atomic E-state index is 4.39. The fourth-order valence-electron chi connectivity index (χ4n) is 4.66. The van der Waals surface area contributed by atoms with E-state index in [2.05, 4.69) is 40.0 Å². The monoisotopic (exact) mass is 276 g/mol. The molecule has 1 saturated carbocycles. The standard InChI is InChI=1S/C19H20N2/c1-2-7-17-13(4-1)8-9-14-5-3-6-15-16-12-20-11-10-18(16)21(17)19(14)15/h5,8-13,17H,1-4,6-7H2/t13-,17+/m0/s1. The Balaban J connectivity index is 1.88. The Hall–Kier alpha value is -1.83. The Bertz CT molecular complexity index is 778. The van der Waals surface area contributed by atoms with E-state index in [9.17, 15) is 0 Å². The fraction of sp³-hybridized carbons (Fsp3) is 0.421. The summed E-state index contributed by atoms with van der Waals surface area (Å²) in [5.41, 5.74) is 5.88. The molecule has 0 saturated heterocycles. The van der Waals surface area contributed by atoms with E-state index in [4.69, 9.17) is 0 Å². The molecule has 1 aliphatic heterocycles. The Kier molecular flexibility index (Phi) is 2.43. The largest absolute Gasteiger partial charge is 0.336 e. The van der Waals surface area contributed by atoms with Crippen LogP contribution < -0.4 is 0 Å². The van der Waals surface area contributed by atoms with Crippen LogP contribution in [-0.2, 0) is 6.42 Å². The lowest BCUT2D eigenvalue weighted by Gasteiger charge is -2.31. The molecule has 0 spiro atoms. The molecular weight excluding hydrogens is 256 g/mol. The molecule has 21 heavy (non-hydrogen) atoms. The normalized spacial score (nSPS) is 27.0. The van der Waals surface area contributed by atoms with E-state index in [1.54, 1.807) is 0 Å². The second-order valence-corrected chi connectivity index (χ2v) is 6.66. The summed E-state index contributed by atoms with van der Waals surface area (Å²) >= 11 is 0. The minimum Gasteiger partial charge on any atom is -0.336 e. The lowest BCUT2D eigenvalue weighted by Crippen LogP contribution is -2.22. The molecule has 2 aromatic rings. The smallest absolute Gasteiger partial charge is 0.0524 e. The van der Waals surface area contributed by atoms with Crippen molar-refractivity contribution < 1.29 is 0 Å². The Labute approximate surface area is 125 Å². The molecule has 106 valence electrons. The highest BCUT2D eigenvalue weighted by atomic mass is 15.0. The predicted molar refractivity (Wildman–Crippen MR) is 86.2 cm³/mol. The van der Waals surface area contributed by atoms with Crippen LogP contribution in [0.3, 0.4) is 0 Å². The summed E-state index contributed by atoms with van der Waals surface area (Å²) in [4.78, 5) is 4.39. The summed E-state index contributed by atoms with van der Waals surface area (Å²) in [6, 6.07) is 2.87. The van der Waals surface area contributed by atoms with E-state index in [0.29, 0.717) is 12.0 Å². The first-order valence-corrected chi connectivity index (χ1v) is 8.29. The van der Waals surface area contributed by atoms with Crippen LogP contribution >= 0.6 is 0 Å². The third kappa shape index (κ3) is 1.56. The molecule has 3 heterocycles. The Morgan fingerprint density at radius 3 is 3.14 bits per heavy atom. The van der Waals surface area contributed by atoms with Crippen molar-refractivity contribution in [3.63, 3.8) is 0 Å². The number of pyridine rings is 1. The fourth-order valence-corrected chi connectivity index (χ4v) is 4.66. The number of rotatable bonds is 0. The molecule has 2 nitrogen and oxygen atoms in total. The van der Waals surface area contributed by atoms with Crippen molar-refractivity contribution >= 4 is 16.5 Å². The number of aryl methyl sites for hydroxylation is 1. The van der Waals surface area contributed by atoms with Crippen LogP contribution in [0.2, 0.25) is 0 Å². The molecule has 0 N–H and O–H groups in total. The average Bonchev–Trinajstić information content (AvgIpc) is 2.78. The van der Waals surface area contributed by atoms with E-state index in [1.807, 2.05) is 6.20 Å². The Morgan fingerprint density at radius 2 is 2.14 bits per heavy atom. The lowest BCUT2D eigenvalue weighted by atomic mass is 9.84. The second kappa shape index (κ2) is 4.33. The van der Waals surface area contributed by atoms with Gasteiger partial charge in [0.05, 0.1) is 11.2 Å². The summed E-state index contributed by atoms with van der Waals surface area (Å²) in [5.74, 6) is 0.707. The van der Waals surface area contributed by atoms with Crippen LogP contribution in [0.15, 0.2) is 36.7 Å². The van der Waals surface area contributed by atoms with Crippen LogP contribution in [0.5, 0.6) is 0 Å². The molecular formula is C19H20N2. The number of hydrogen-bond acceptors (Lipinski definition) is 1. The number of aromatic nitrogens is 2. The van der Waals surface area contributed by atoms with E-state index in [1.165, 1.54) is 59.8 Å². The van der Waals surface area contributed by atoms with Gasteiger partial charge in [0, 0.05) is 23.8 Å². The molecule has 0 bridgehead atoms. The first-order chi connectivity index (χ1) is 10.4. The van der Waals surface area contributed by atoms with Crippen LogP contribution in [0, 0.1) is 5.92 Å². The summed E-state index contributed by atoms with van der Waals surface area (Å²) < 4.78 is 2.67.